The number of hydrogen-bond donors (Lipinski definition) is 2. The molecule has 0 saturated carbocycles. The molecule has 0 bridgehead atoms. The van der Waals surface area contributed by atoms with Crippen molar-refractivity contribution in [3.63, 3.8) is 0 Å². The first-order valence-electron chi connectivity index (χ1n) is 8.33. The van der Waals surface area contributed by atoms with Gasteiger partial charge in [0.25, 0.3) is 11.6 Å². The molecule has 0 radical (unpaired) electrons. The highest BCUT2D eigenvalue weighted by molar-refractivity contribution is 5.95. The summed E-state index contributed by atoms with van der Waals surface area (Å²) >= 11 is 0. The summed E-state index contributed by atoms with van der Waals surface area (Å²) in [6.07, 6.45) is 1.44. The lowest BCUT2D eigenvalue weighted by molar-refractivity contribution is -0.384. The predicted octanol–water partition coefficient (Wildman–Crippen LogP) is 2.34. The molecule has 1 aromatic carbocycles. The van der Waals surface area contributed by atoms with Gasteiger partial charge in [-0.2, -0.15) is 0 Å². The van der Waals surface area contributed by atoms with E-state index < -0.39 is 10.5 Å². The standard InChI is InChI=1S/C17H25N3O5/c1-12(2)19-16(21)13-4-5-14(15(10-13)20(22)23)18-11-17(24-3)6-8-25-9-7-17/h4-5,10,12,18H,6-9,11H2,1-3H3,(H,19,21). The van der Waals surface area contributed by atoms with Crippen LogP contribution in [0.3, 0.4) is 0 Å². The molecule has 8 nitrogen and oxygen atoms in total. The van der Waals surface area contributed by atoms with E-state index >= 15 is 0 Å². The van der Waals surface area contributed by atoms with Crippen LogP contribution < -0.4 is 10.6 Å². The van der Waals surface area contributed by atoms with E-state index in [-0.39, 0.29) is 23.2 Å². The second kappa shape index (κ2) is 8.26. The minimum absolute atomic E-state index is 0.0422. The molecule has 1 fully saturated rings. The van der Waals surface area contributed by atoms with E-state index in [0.29, 0.717) is 25.4 Å². The van der Waals surface area contributed by atoms with Crippen molar-refractivity contribution in [3.8, 4) is 0 Å². The van der Waals surface area contributed by atoms with Gasteiger partial charge >= 0.3 is 0 Å². The van der Waals surface area contributed by atoms with Gasteiger partial charge in [-0.1, -0.05) is 0 Å². The molecule has 8 heteroatoms. The van der Waals surface area contributed by atoms with Crippen molar-refractivity contribution in [2.45, 2.75) is 38.3 Å². The third kappa shape index (κ3) is 4.90. The van der Waals surface area contributed by atoms with Crippen LogP contribution in [0.5, 0.6) is 0 Å². The molecule has 0 aliphatic carbocycles. The van der Waals surface area contributed by atoms with Crippen LogP contribution in [0.4, 0.5) is 11.4 Å². The highest BCUT2D eigenvalue weighted by Crippen LogP contribution is 2.29. The molecule has 25 heavy (non-hydrogen) atoms. The molecule has 0 spiro atoms. The smallest absolute Gasteiger partial charge is 0.293 e. The van der Waals surface area contributed by atoms with E-state index in [1.807, 2.05) is 13.8 Å². The summed E-state index contributed by atoms with van der Waals surface area (Å²) in [5.41, 5.74) is 0.0991. The lowest BCUT2D eigenvalue weighted by Crippen LogP contribution is -2.44. The van der Waals surface area contributed by atoms with E-state index in [1.54, 1.807) is 19.2 Å². The zero-order valence-electron chi connectivity index (χ0n) is 14.8. The summed E-state index contributed by atoms with van der Waals surface area (Å²) in [6, 6.07) is 4.40. The zero-order valence-corrected chi connectivity index (χ0v) is 14.8. The summed E-state index contributed by atoms with van der Waals surface area (Å²) in [7, 11) is 1.64. The van der Waals surface area contributed by atoms with Crippen LogP contribution in [0.1, 0.15) is 37.0 Å². The summed E-state index contributed by atoms with van der Waals surface area (Å²) in [6.45, 7) is 5.31. The molecule has 1 heterocycles. The Morgan fingerprint density at radius 2 is 2.08 bits per heavy atom. The van der Waals surface area contributed by atoms with Gasteiger partial charge in [0, 0.05) is 57.4 Å². The van der Waals surface area contributed by atoms with Crippen molar-refractivity contribution in [3.05, 3.63) is 33.9 Å². The number of methoxy groups -OCH3 is 1. The highest BCUT2D eigenvalue weighted by Gasteiger charge is 2.33. The lowest BCUT2D eigenvalue weighted by Gasteiger charge is -2.36. The van der Waals surface area contributed by atoms with Crippen LogP contribution in [0.25, 0.3) is 0 Å². The second-order valence-electron chi connectivity index (χ2n) is 6.47. The Labute approximate surface area is 147 Å². The normalized spacial score (nSPS) is 16.5. The number of nitro benzene ring substituents is 1. The van der Waals surface area contributed by atoms with E-state index in [1.165, 1.54) is 6.07 Å². The first-order chi connectivity index (χ1) is 11.9. The van der Waals surface area contributed by atoms with Gasteiger partial charge in [0.2, 0.25) is 0 Å². The highest BCUT2D eigenvalue weighted by atomic mass is 16.6. The van der Waals surface area contributed by atoms with Crippen molar-refractivity contribution in [1.29, 1.82) is 0 Å². The Kier molecular flexibility index (Phi) is 6.33. The quantitative estimate of drug-likeness (QED) is 0.577. The van der Waals surface area contributed by atoms with Gasteiger partial charge in [0.05, 0.1) is 10.5 Å². The second-order valence-corrected chi connectivity index (χ2v) is 6.47. The van der Waals surface area contributed by atoms with Gasteiger partial charge in [-0.05, 0) is 26.0 Å². The number of carbonyl (C=O) groups is 1. The van der Waals surface area contributed by atoms with Gasteiger partial charge in [-0.25, -0.2) is 0 Å². The van der Waals surface area contributed by atoms with E-state index in [2.05, 4.69) is 10.6 Å². The maximum Gasteiger partial charge on any atom is 0.293 e. The molecule has 1 aromatic rings. The number of hydrogen-bond acceptors (Lipinski definition) is 6. The molecule has 2 N–H and O–H groups in total. The number of nitrogens with zero attached hydrogens (tertiary/aromatic N) is 1. The number of anilines is 1. The molecule has 0 unspecified atom stereocenters. The summed E-state index contributed by atoms with van der Waals surface area (Å²) in [4.78, 5) is 23.0. The molecule has 1 aliphatic heterocycles. The number of nitrogens with one attached hydrogen (secondary N) is 2. The maximum absolute atomic E-state index is 12.1. The van der Waals surface area contributed by atoms with E-state index in [0.717, 1.165) is 12.8 Å². The summed E-state index contributed by atoms with van der Waals surface area (Å²) < 4.78 is 11.0. The largest absolute Gasteiger partial charge is 0.381 e. The topological polar surface area (TPSA) is 103 Å². The number of amides is 1. The first-order valence-corrected chi connectivity index (χ1v) is 8.33. The number of benzene rings is 1. The van der Waals surface area contributed by atoms with Gasteiger partial charge in [0.1, 0.15) is 5.69 Å². The Morgan fingerprint density at radius 1 is 1.40 bits per heavy atom. The van der Waals surface area contributed by atoms with Crippen LogP contribution >= 0.6 is 0 Å². The minimum Gasteiger partial charge on any atom is -0.381 e. The molecule has 1 amide bonds. The molecule has 0 atom stereocenters. The van der Waals surface area contributed by atoms with Crippen molar-refractivity contribution >= 4 is 17.3 Å². The van der Waals surface area contributed by atoms with Crippen LogP contribution in [-0.2, 0) is 9.47 Å². The van der Waals surface area contributed by atoms with Crippen LogP contribution in [-0.4, -0.2) is 49.3 Å². The molecule has 2 rings (SSSR count). The van der Waals surface area contributed by atoms with E-state index in [4.69, 9.17) is 9.47 Å². The van der Waals surface area contributed by atoms with Crippen molar-refractivity contribution in [1.82, 2.24) is 5.32 Å². The summed E-state index contributed by atoms with van der Waals surface area (Å²) in [5.74, 6) is -0.331. The predicted molar refractivity (Wildman–Crippen MR) is 94.0 cm³/mol. The Bertz CT molecular complexity index is 627. The van der Waals surface area contributed by atoms with Gasteiger partial charge in [-0.15, -0.1) is 0 Å². The average Bonchev–Trinajstić information content (AvgIpc) is 2.60. The fourth-order valence-corrected chi connectivity index (χ4v) is 2.77. The Morgan fingerprint density at radius 3 is 2.64 bits per heavy atom. The van der Waals surface area contributed by atoms with Crippen molar-refractivity contribution < 1.29 is 19.2 Å². The summed E-state index contributed by atoms with van der Waals surface area (Å²) in [5, 5.41) is 17.2. The van der Waals surface area contributed by atoms with E-state index in [9.17, 15) is 14.9 Å². The number of nitro groups is 1. The van der Waals surface area contributed by atoms with Crippen LogP contribution in [0.2, 0.25) is 0 Å². The number of carbonyl (C=O) groups excluding carboxylic acids is 1. The number of ether oxygens (including phenoxy) is 2. The Balaban J connectivity index is 2.17. The van der Waals surface area contributed by atoms with Crippen molar-refractivity contribution in [2.24, 2.45) is 0 Å². The SMILES string of the molecule is COC1(CNc2ccc(C(=O)NC(C)C)cc2[N+](=O)[O-])CCOCC1. The third-order valence-corrected chi connectivity index (χ3v) is 4.31. The monoisotopic (exact) mass is 351 g/mol. The third-order valence-electron chi connectivity index (χ3n) is 4.31. The first kappa shape index (κ1) is 19.1. The zero-order chi connectivity index (χ0) is 18.4. The van der Waals surface area contributed by atoms with Crippen molar-refractivity contribution in [2.75, 3.05) is 32.2 Å². The minimum atomic E-state index is -0.488. The van der Waals surface area contributed by atoms with Gasteiger partial charge < -0.3 is 20.1 Å². The molecule has 0 aromatic heterocycles. The molecule has 138 valence electrons. The fraction of sp³-hybridized carbons (Fsp3) is 0.588. The molecule has 1 saturated heterocycles. The maximum atomic E-state index is 12.1. The molecular formula is C17H25N3O5. The van der Waals surface area contributed by atoms with Gasteiger partial charge in [-0.3, -0.25) is 14.9 Å². The number of rotatable bonds is 7. The Hall–Kier alpha value is -2.19. The molecular weight excluding hydrogens is 326 g/mol. The fourth-order valence-electron chi connectivity index (χ4n) is 2.77. The molecule has 1 aliphatic rings. The average molecular weight is 351 g/mol. The van der Waals surface area contributed by atoms with Crippen LogP contribution in [0, 0.1) is 10.1 Å². The van der Waals surface area contributed by atoms with Gasteiger partial charge in [0.15, 0.2) is 0 Å². The van der Waals surface area contributed by atoms with Crippen LogP contribution in [0.15, 0.2) is 18.2 Å². The lowest BCUT2D eigenvalue weighted by atomic mass is 9.94.